The van der Waals surface area contributed by atoms with Gasteiger partial charge in [0.1, 0.15) is 0 Å². The lowest BCUT2D eigenvalue weighted by Gasteiger charge is -2.12. The summed E-state index contributed by atoms with van der Waals surface area (Å²) < 4.78 is 5.18. The van der Waals surface area contributed by atoms with Gasteiger partial charge in [0, 0.05) is 15.6 Å². The summed E-state index contributed by atoms with van der Waals surface area (Å²) in [6.45, 7) is 1.54. The molecule has 0 aromatic heterocycles. The fraction of sp³-hybridized carbons (Fsp3) is 0.176. The summed E-state index contributed by atoms with van der Waals surface area (Å²) in [4.78, 5) is 24.1. The third-order valence-electron chi connectivity index (χ3n) is 3.05. The Morgan fingerprint density at radius 1 is 1.05 bits per heavy atom. The molecule has 114 valence electrons. The molecule has 1 atom stereocenters. The number of ketones is 1. The number of hydrogen-bond acceptors (Lipinski definition) is 3. The number of benzene rings is 2. The third-order valence-corrected chi connectivity index (χ3v) is 3.54. The van der Waals surface area contributed by atoms with E-state index in [0.717, 1.165) is 5.56 Å². The van der Waals surface area contributed by atoms with E-state index < -0.39 is 12.1 Å². The number of hydrogen-bond donors (Lipinski definition) is 0. The average molecular weight is 337 g/mol. The molecule has 0 saturated heterocycles. The molecule has 0 fully saturated rings. The van der Waals surface area contributed by atoms with Crippen LogP contribution in [0, 0.1) is 0 Å². The summed E-state index contributed by atoms with van der Waals surface area (Å²) in [6.07, 6.45) is -0.775. The number of Topliss-reactive ketones (excluding diaryl/α,β-unsaturated/α-hetero) is 1. The number of ether oxygens (including phenoxy) is 1. The Labute approximate surface area is 138 Å². The van der Waals surface area contributed by atoms with Crippen molar-refractivity contribution in [3.63, 3.8) is 0 Å². The molecule has 0 aliphatic heterocycles. The minimum Gasteiger partial charge on any atom is -0.454 e. The van der Waals surface area contributed by atoms with Crippen molar-refractivity contribution >= 4 is 35.0 Å². The monoisotopic (exact) mass is 336 g/mol. The molecule has 0 saturated carbocycles. The lowest BCUT2D eigenvalue weighted by atomic mass is 10.1. The van der Waals surface area contributed by atoms with Crippen LogP contribution in [-0.4, -0.2) is 17.9 Å². The van der Waals surface area contributed by atoms with E-state index in [1.54, 1.807) is 55.5 Å². The van der Waals surface area contributed by atoms with Crippen molar-refractivity contribution in [1.29, 1.82) is 0 Å². The molecule has 0 bridgehead atoms. The largest absolute Gasteiger partial charge is 0.454 e. The van der Waals surface area contributed by atoms with Gasteiger partial charge in [-0.15, -0.1) is 0 Å². The zero-order valence-electron chi connectivity index (χ0n) is 11.9. The molecule has 0 unspecified atom stereocenters. The molecule has 0 amide bonds. The Bertz CT molecular complexity index is 681. The molecule has 2 aromatic rings. The van der Waals surface area contributed by atoms with E-state index >= 15 is 0 Å². The Morgan fingerprint density at radius 3 is 2.36 bits per heavy atom. The molecule has 2 rings (SSSR count). The van der Waals surface area contributed by atoms with Crippen molar-refractivity contribution in [2.45, 2.75) is 19.4 Å². The van der Waals surface area contributed by atoms with Gasteiger partial charge in [-0.25, -0.2) is 0 Å². The minimum atomic E-state index is -0.863. The maximum atomic E-state index is 12.2. The van der Waals surface area contributed by atoms with Crippen LogP contribution in [0.3, 0.4) is 0 Å². The van der Waals surface area contributed by atoms with Crippen LogP contribution < -0.4 is 0 Å². The predicted octanol–water partition coefficient (Wildman–Crippen LogP) is 4.35. The average Bonchev–Trinajstić information content (AvgIpc) is 2.48. The van der Waals surface area contributed by atoms with Gasteiger partial charge in [-0.2, -0.15) is 0 Å². The number of halogens is 2. The summed E-state index contributed by atoms with van der Waals surface area (Å²) in [7, 11) is 0. The zero-order valence-corrected chi connectivity index (χ0v) is 13.4. The van der Waals surface area contributed by atoms with Crippen LogP contribution in [0.5, 0.6) is 0 Å². The van der Waals surface area contributed by atoms with Crippen LogP contribution >= 0.6 is 23.2 Å². The van der Waals surface area contributed by atoms with Gasteiger partial charge in [-0.3, -0.25) is 9.59 Å². The lowest BCUT2D eigenvalue weighted by Crippen LogP contribution is -2.25. The highest BCUT2D eigenvalue weighted by Crippen LogP contribution is 2.14. The van der Waals surface area contributed by atoms with Crippen LogP contribution in [0.15, 0.2) is 48.5 Å². The maximum absolute atomic E-state index is 12.2. The first-order valence-electron chi connectivity index (χ1n) is 6.69. The van der Waals surface area contributed by atoms with E-state index in [9.17, 15) is 9.59 Å². The van der Waals surface area contributed by atoms with Crippen LogP contribution in [0.1, 0.15) is 22.8 Å². The van der Waals surface area contributed by atoms with Crippen LogP contribution in [0.4, 0.5) is 0 Å². The van der Waals surface area contributed by atoms with Gasteiger partial charge >= 0.3 is 5.97 Å². The molecule has 0 aliphatic rings. The Balaban J connectivity index is 1.96. The van der Waals surface area contributed by atoms with Gasteiger partial charge in [-0.05, 0) is 36.8 Å². The number of rotatable bonds is 5. The standard InChI is InChI=1S/C17H14Cl2O3/c1-11(17(21)13-3-2-4-15(19)10-13)22-16(20)9-12-5-7-14(18)8-6-12/h2-8,10-11H,9H2,1H3/t11-/m1/s1. The molecule has 3 nitrogen and oxygen atoms in total. The molecular formula is C17H14Cl2O3. The number of carbonyl (C=O) groups is 2. The number of carbonyl (C=O) groups excluding carboxylic acids is 2. The van der Waals surface area contributed by atoms with Crippen molar-refractivity contribution in [2.75, 3.05) is 0 Å². The van der Waals surface area contributed by atoms with E-state index in [-0.39, 0.29) is 12.2 Å². The topological polar surface area (TPSA) is 43.4 Å². The van der Waals surface area contributed by atoms with Crippen molar-refractivity contribution in [3.05, 3.63) is 69.7 Å². The summed E-state index contributed by atoms with van der Waals surface area (Å²) in [5.74, 6) is -0.753. The highest BCUT2D eigenvalue weighted by molar-refractivity contribution is 6.31. The fourth-order valence-corrected chi connectivity index (χ4v) is 2.25. The van der Waals surface area contributed by atoms with Crippen LogP contribution in [0.2, 0.25) is 10.0 Å². The van der Waals surface area contributed by atoms with E-state index in [1.165, 1.54) is 0 Å². The molecule has 5 heteroatoms. The zero-order chi connectivity index (χ0) is 16.1. The first kappa shape index (κ1) is 16.5. The summed E-state index contributed by atoms with van der Waals surface area (Å²) in [6, 6.07) is 13.4. The Kier molecular flexibility index (Phi) is 5.58. The van der Waals surface area contributed by atoms with Gasteiger partial charge < -0.3 is 4.74 Å². The van der Waals surface area contributed by atoms with Crippen molar-refractivity contribution in [1.82, 2.24) is 0 Å². The molecule has 0 radical (unpaired) electrons. The summed E-state index contributed by atoms with van der Waals surface area (Å²) in [5, 5.41) is 1.06. The first-order valence-corrected chi connectivity index (χ1v) is 7.45. The van der Waals surface area contributed by atoms with Gasteiger partial charge in [0.05, 0.1) is 6.42 Å². The van der Waals surface area contributed by atoms with E-state index in [0.29, 0.717) is 15.6 Å². The normalized spacial score (nSPS) is 11.8. The van der Waals surface area contributed by atoms with Gasteiger partial charge in [-0.1, -0.05) is 47.5 Å². The lowest BCUT2D eigenvalue weighted by molar-refractivity contribution is -0.145. The second kappa shape index (κ2) is 7.43. The molecule has 0 aliphatic carbocycles. The number of esters is 1. The van der Waals surface area contributed by atoms with Gasteiger partial charge in [0.25, 0.3) is 0 Å². The second-order valence-electron chi connectivity index (χ2n) is 4.81. The molecule has 22 heavy (non-hydrogen) atoms. The molecule has 0 heterocycles. The Hall–Kier alpha value is -1.84. The van der Waals surface area contributed by atoms with Gasteiger partial charge in [0.15, 0.2) is 6.10 Å². The quantitative estimate of drug-likeness (QED) is 0.602. The molecule has 2 aromatic carbocycles. The van der Waals surface area contributed by atoms with Crippen molar-refractivity contribution in [3.8, 4) is 0 Å². The van der Waals surface area contributed by atoms with Crippen LogP contribution in [0.25, 0.3) is 0 Å². The predicted molar refractivity (Wildman–Crippen MR) is 86.5 cm³/mol. The molecule has 0 spiro atoms. The van der Waals surface area contributed by atoms with E-state index in [2.05, 4.69) is 0 Å². The SMILES string of the molecule is C[C@@H](OC(=O)Cc1ccc(Cl)cc1)C(=O)c1cccc(Cl)c1. The van der Waals surface area contributed by atoms with Crippen molar-refractivity contribution in [2.24, 2.45) is 0 Å². The molecule has 0 N–H and O–H groups in total. The minimum absolute atomic E-state index is 0.0876. The Morgan fingerprint density at radius 2 is 1.73 bits per heavy atom. The van der Waals surface area contributed by atoms with Crippen molar-refractivity contribution < 1.29 is 14.3 Å². The smallest absolute Gasteiger partial charge is 0.310 e. The third kappa shape index (κ3) is 4.58. The summed E-state index contributed by atoms with van der Waals surface area (Å²) in [5.41, 5.74) is 1.19. The second-order valence-corrected chi connectivity index (χ2v) is 5.68. The first-order chi connectivity index (χ1) is 10.5. The molecular weight excluding hydrogens is 323 g/mol. The highest BCUT2D eigenvalue weighted by Gasteiger charge is 2.19. The highest BCUT2D eigenvalue weighted by atomic mass is 35.5. The fourth-order valence-electron chi connectivity index (χ4n) is 1.94. The van der Waals surface area contributed by atoms with Gasteiger partial charge in [0.2, 0.25) is 5.78 Å². The summed E-state index contributed by atoms with van der Waals surface area (Å²) >= 11 is 11.6. The van der Waals surface area contributed by atoms with E-state index in [1.807, 2.05) is 0 Å². The maximum Gasteiger partial charge on any atom is 0.310 e. The van der Waals surface area contributed by atoms with E-state index in [4.69, 9.17) is 27.9 Å². The van der Waals surface area contributed by atoms with Crippen LogP contribution in [-0.2, 0) is 16.0 Å².